The van der Waals surface area contributed by atoms with Crippen LogP contribution in [0.2, 0.25) is 0 Å². The second-order valence-electron chi connectivity index (χ2n) is 5.99. The molecule has 0 saturated heterocycles. The van der Waals surface area contributed by atoms with E-state index in [-0.39, 0.29) is 10.9 Å². The van der Waals surface area contributed by atoms with Crippen LogP contribution in [-0.4, -0.2) is 64.7 Å². The number of rotatable bonds is 8. The van der Waals surface area contributed by atoms with Crippen molar-refractivity contribution in [1.29, 1.82) is 0 Å². The quantitative estimate of drug-likeness (QED) is 0.481. The normalized spacial score (nSPS) is 14.7. The van der Waals surface area contributed by atoms with Gasteiger partial charge >= 0.3 is 5.97 Å². The van der Waals surface area contributed by atoms with Crippen molar-refractivity contribution in [2.24, 2.45) is 5.73 Å². The molecule has 1 heterocycles. The van der Waals surface area contributed by atoms with Gasteiger partial charge in [0.15, 0.2) is 0 Å². The Morgan fingerprint density at radius 1 is 1.48 bits per heavy atom. The van der Waals surface area contributed by atoms with Gasteiger partial charge in [-0.25, -0.2) is 4.98 Å². The van der Waals surface area contributed by atoms with Gasteiger partial charge in [0.05, 0.1) is 27.1 Å². The highest BCUT2D eigenvalue weighted by Gasteiger charge is 2.25. The molecule has 0 saturated carbocycles. The summed E-state index contributed by atoms with van der Waals surface area (Å²) in [6.45, 7) is 0. The number of quaternary nitrogens is 1. The maximum atomic E-state index is 11.2. The third kappa shape index (κ3) is 5.16. The molecule has 21 heavy (non-hydrogen) atoms. The molecule has 2 unspecified atom stereocenters. The van der Waals surface area contributed by atoms with Gasteiger partial charge < -0.3 is 30.2 Å². The highest BCUT2D eigenvalue weighted by molar-refractivity contribution is 5.73. The molecule has 0 aliphatic rings. The number of nitrogens with two attached hydrogens (primary N) is 1. The molecule has 0 aliphatic heterocycles. The minimum atomic E-state index is -1.10. The fraction of sp³-hybridized carbons (Fsp3) is 0.615. The van der Waals surface area contributed by atoms with E-state index < -0.39 is 24.0 Å². The van der Waals surface area contributed by atoms with Crippen molar-refractivity contribution < 1.29 is 24.3 Å². The first kappa shape index (κ1) is 17.1. The molecule has 118 valence electrons. The highest BCUT2D eigenvalue weighted by Crippen LogP contribution is 2.11. The van der Waals surface area contributed by atoms with Crippen molar-refractivity contribution >= 4 is 11.9 Å². The number of nitrogens with one attached hydrogen (secondary N) is 1. The second-order valence-corrected chi connectivity index (χ2v) is 5.99. The van der Waals surface area contributed by atoms with Crippen molar-refractivity contribution in [3.8, 4) is 0 Å². The first-order chi connectivity index (χ1) is 9.61. The van der Waals surface area contributed by atoms with Crippen LogP contribution >= 0.6 is 0 Å². The Hall–Kier alpha value is -1.93. The average Bonchev–Trinajstić information content (AvgIpc) is 2.74. The molecular formula is C13H22N4O4. The first-order valence-corrected chi connectivity index (χ1v) is 6.64. The van der Waals surface area contributed by atoms with E-state index in [2.05, 4.69) is 9.97 Å². The van der Waals surface area contributed by atoms with Gasteiger partial charge in [0.2, 0.25) is 0 Å². The molecule has 0 aromatic carbocycles. The lowest BCUT2D eigenvalue weighted by Gasteiger charge is -2.34. The summed E-state index contributed by atoms with van der Waals surface area (Å²) in [6, 6.07) is -1.62. The summed E-state index contributed by atoms with van der Waals surface area (Å²) in [4.78, 5) is 28.9. The molecule has 0 fully saturated rings. The number of carbonyl (C=O) groups is 2. The number of imidazole rings is 1. The Morgan fingerprint density at radius 2 is 2.10 bits per heavy atom. The Bertz CT molecular complexity index is 507. The zero-order valence-electron chi connectivity index (χ0n) is 12.5. The van der Waals surface area contributed by atoms with Gasteiger partial charge in [0, 0.05) is 31.2 Å². The van der Waals surface area contributed by atoms with Crippen LogP contribution < -0.4 is 10.8 Å². The fourth-order valence-corrected chi connectivity index (χ4v) is 2.06. The molecule has 8 heteroatoms. The number of likely N-dealkylation sites (N-methyl/N-ethyl adjacent to an activating group) is 1. The van der Waals surface area contributed by atoms with Crippen LogP contribution in [0.3, 0.4) is 0 Å². The maximum absolute atomic E-state index is 11.2. The largest absolute Gasteiger partial charge is 0.544 e. The Kier molecular flexibility index (Phi) is 5.45. The molecule has 0 spiro atoms. The first-order valence-electron chi connectivity index (χ1n) is 6.64. The highest BCUT2D eigenvalue weighted by atomic mass is 16.4. The summed E-state index contributed by atoms with van der Waals surface area (Å²) < 4.78 is 0.264. The summed E-state index contributed by atoms with van der Waals surface area (Å²) >= 11 is 0. The van der Waals surface area contributed by atoms with E-state index in [9.17, 15) is 14.7 Å². The Labute approximate surface area is 123 Å². The van der Waals surface area contributed by atoms with E-state index in [0.29, 0.717) is 24.4 Å². The minimum absolute atomic E-state index is 0.154. The lowest BCUT2D eigenvalue weighted by molar-refractivity contribution is -0.889. The van der Waals surface area contributed by atoms with Crippen LogP contribution in [0.1, 0.15) is 17.9 Å². The van der Waals surface area contributed by atoms with Crippen LogP contribution in [0.5, 0.6) is 0 Å². The topological polar surface area (TPSA) is 132 Å². The van der Waals surface area contributed by atoms with E-state index in [1.807, 2.05) is 0 Å². The van der Waals surface area contributed by atoms with E-state index in [0.717, 1.165) is 0 Å². The van der Waals surface area contributed by atoms with Crippen molar-refractivity contribution in [2.75, 3.05) is 21.1 Å². The lowest BCUT2D eigenvalue weighted by Crippen LogP contribution is -2.55. The SMILES string of the molecule is C[N+](C)(C)C(CCc1ncc(CC(N)C(=O)O)[nH]1)C(=O)[O-]. The van der Waals surface area contributed by atoms with Crippen LogP contribution in [0.15, 0.2) is 6.20 Å². The van der Waals surface area contributed by atoms with E-state index >= 15 is 0 Å². The van der Waals surface area contributed by atoms with Gasteiger partial charge in [-0.2, -0.15) is 0 Å². The minimum Gasteiger partial charge on any atom is -0.544 e. The van der Waals surface area contributed by atoms with Crippen molar-refractivity contribution in [3.63, 3.8) is 0 Å². The molecule has 0 amide bonds. The van der Waals surface area contributed by atoms with Crippen LogP contribution in [0.4, 0.5) is 0 Å². The number of carboxylic acid groups (broad SMARTS) is 2. The van der Waals surface area contributed by atoms with E-state index in [4.69, 9.17) is 10.8 Å². The molecule has 0 aliphatic carbocycles. The number of hydrogen-bond donors (Lipinski definition) is 3. The fourth-order valence-electron chi connectivity index (χ4n) is 2.06. The monoisotopic (exact) mass is 298 g/mol. The number of carboxylic acids is 2. The maximum Gasteiger partial charge on any atom is 0.320 e. The van der Waals surface area contributed by atoms with Crippen molar-refractivity contribution in [3.05, 3.63) is 17.7 Å². The Morgan fingerprint density at radius 3 is 2.57 bits per heavy atom. The van der Waals surface area contributed by atoms with Crippen molar-refractivity contribution in [2.45, 2.75) is 31.3 Å². The van der Waals surface area contributed by atoms with Gasteiger partial charge in [-0.1, -0.05) is 0 Å². The molecule has 0 radical (unpaired) electrons. The average molecular weight is 298 g/mol. The van der Waals surface area contributed by atoms with Gasteiger partial charge in [-0.3, -0.25) is 4.79 Å². The standard InChI is InChI=1S/C13H22N4O4/c1-17(2,3)10(13(20)21)4-5-11-15-7-8(16-11)6-9(14)12(18)19/h7,9-10H,4-6,14H2,1-3H3,(H2-,15,16,18,19,20,21). The zero-order valence-corrected chi connectivity index (χ0v) is 12.5. The third-order valence-electron chi connectivity index (χ3n) is 3.30. The lowest BCUT2D eigenvalue weighted by atomic mass is 10.1. The molecule has 1 aromatic heterocycles. The van der Waals surface area contributed by atoms with Gasteiger partial charge in [0.1, 0.15) is 17.9 Å². The Balaban J connectivity index is 2.62. The number of carbonyl (C=O) groups excluding carboxylic acids is 1. The number of aryl methyl sites for hydroxylation is 1. The van der Waals surface area contributed by atoms with Crippen molar-refractivity contribution in [1.82, 2.24) is 9.97 Å². The van der Waals surface area contributed by atoms with E-state index in [1.165, 1.54) is 6.20 Å². The van der Waals surface area contributed by atoms with Gasteiger partial charge in [-0.15, -0.1) is 0 Å². The molecule has 8 nitrogen and oxygen atoms in total. The molecule has 2 atom stereocenters. The number of nitrogens with zero attached hydrogens (tertiary/aromatic N) is 2. The van der Waals surface area contributed by atoms with Crippen LogP contribution in [0, 0.1) is 0 Å². The summed E-state index contributed by atoms with van der Waals surface area (Å²) in [5, 5.41) is 19.9. The third-order valence-corrected chi connectivity index (χ3v) is 3.30. The molecule has 1 aromatic rings. The number of H-pyrrole nitrogens is 1. The number of aromatic amines is 1. The predicted octanol–water partition coefficient (Wildman–Crippen LogP) is -1.88. The molecule has 1 rings (SSSR count). The molecule has 0 bridgehead atoms. The number of aliphatic carboxylic acids is 2. The van der Waals surface area contributed by atoms with Gasteiger partial charge in [0.25, 0.3) is 0 Å². The van der Waals surface area contributed by atoms with Crippen LogP contribution in [-0.2, 0) is 22.4 Å². The summed E-state index contributed by atoms with van der Waals surface area (Å²) in [5.74, 6) is -1.56. The number of aromatic nitrogens is 2. The van der Waals surface area contributed by atoms with Crippen LogP contribution in [0.25, 0.3) is 0 Å². The summed E-state index contributed by atoms with van der Waals surface area (Å²) in [7, 11) is 5.37. The smallest absolute Gasteiger partial charge is 0.320 e. The summed E-state index contributed by atoms with van der Waals surface area (Å²) in [6.07, 6.45) is 2.50. The van der Waals surface area contributed by atoms with E-state index in [1.54, 1.807) is 21.1 Å². The van der Waals surface area contributed by atoms with Gasteiger partial charge in [-0.05, 0) is 0 Å². The zero-order chi connectivity index (χ0) is 16.2. The second kappa shape index (κ2) is 6.68. The molecular weight excluding hydrogens is 276 g/mol. The predicted molar refractivity (Wildman–Crippen MR) is 73.1 cm³/mol. The molecule has 4 N–H and O–H groups in total. The summed E-state index contributed by atoms with van der Waals surface area (Å²) in [5.41, 5.74) is 6.06. The number of hydrogen-bond acceptors (Lipinski definition) is 5.